The van der Waals surface area contributed by atoms with Gasteiger partial charge in [0.1, 0.15) is 0 Å². The summed E-state index contributed by atoms with van der Waals surface area (Å²) in [6, 6.07) is 0. The topological polar surface area (TPSA) is 58.9 Å². The van der Waals surface area contributed by atoms with Gasteiger partial charge in [-0.25, -0.2) is 0 Å². The number of rotatable bonds is 5. The van der Waals surface area contributed by atoms with E-state index in [4.69, 9.17) is 0 Å². The minimum absolute atomic E-state index is 0.396. The number of hydrogen-bond acceptors (Lipinski definition) is 4. The van der Waals surface area contributed by atoms with Gasteiger partial charge in [-0.2, -0.15) is 9.78 Å². The van der Waals surface area contributed by atoms with Crippen LogP contribution in [-0.2, 0) is 9.78 Å². The van der Waals surface area contributed by atoms with Gasteiger partial charge in [-0.1, -0.05) is 13.8 Å². The molecule has 12 heavy (non-hydrogen) atoms. The van der Waals surface area contributed by atoms with Gasteiger partial charge < -0.3 is 10.2 Å². The van der Waals surface area contributed by atoms with Gasteiger partial charge in [0.2, 0.25) is 0 Å². The molecule has 2 N–H and O–H groups in total. The second kappa shape index (κ2) is 4.18. The van der Waals surface area contributed by atoms with E-state index >= 15 is 0 Å². The van der Waals surface area contributed by atoms with Crippen molar-refractivity contribution >= 4 is 0 Å². The molecule has 2 unspecified atom stereocenters. The van der Waals surface area contributed by atoms with Gasteiger partial charge in [-0.3, -0.25) is 0 Å². The third-order valence-electron chi connectivity index (χ3n) is 1.71. The van der Waals surface area contributed by atoms with Crippen LogP contribution in [0, 0.1) is 0 Å². The summed E-state index contributed by atoms with van der Waals surface area (Å²) in [6.07, 6.45) is 0.791. The summed E-state index contributed by atoms with van der Waals surface area (Å²) < 4.78 is 0. The fourth-order valence-corrected chi connectivity index (χ4v) is 0.297. The van der Waals surface area contributed by atoms with Crippen LogP contribution in [0.25, 0.3) is 0 Å². The molecule has 0 aromatic rings. The summed E-state index contributed by atoms with van der Waals surface area (Å²) in [5, 5.41) is 18.6. The van der Waals surface area contributed by atoms with E-state index in [9.17, 15) is 10.2 Å². The Morgan fingerprint density at radius 3 is 1.33 bits per heavy atom. The van der Waals surface area contributed by atoms with Gasteiger partial charge in [-0.05, 0) is 13.8 Å². The fraction of sp³-hybridized carbons (Fsp3) is 1.00. The molecule has 0 radical (unpaired) electrons. The van der Waals surface area contributed by atoms with E-state index < -0.39 is 11.6 Å². The maximum absolute atomic E-state index is 9.32. The number of hydrogen-bond donors (Lipinski definition) is 2. The van der Waals surface area contributed by atoms with Crippen molar-refractivity contribution in [3.63, 3.8) is 0 Å². The Bertz CT molecular complexity index is 115. The molecule has 0 aliphatic carbocycles. The fourth-order valence-electron chi connectivity index (χ4n) is 0.297. The highest BCUT2D eigenvalue weighted by molar-refractivity contribution is 4.55. The van der Waals surface area contributed by atoms with Crippen molar-refractivity contribution in [1.82, 2.24) is 0 Å². The van der Waals surface area contributed by atoms with Crippen molar-refractivity contribution in [2.45, 2.75) is 52.1 Å². The summed E-state index contributed by atoms with van der Waals surface area (Å²) in [5.41, 5.74) is 0. The Hall–Kier alpha value is -0.160. The summed E-state index contributed by atoms with van der Waals surface area (Å²) >= 11 is 0. The molecule has 0 saturated carbocycles. The molecule has 0 aliphatic heterocycles. The molecular weight excluding hydrogens is 160 g/mol. The maximum atomic E-state index is 9.32. The van der Waals surface area contributed by atoms with Crippen molar-refractivity contribution < 1.29 is 20.0 Å². The standard InChI is InChI=1S/C8H18O4/c1-5-7(3,9)11-12-8(4,10)6-2/h9-10H,5-6H2,1-4H3. The van der Waals surface area contributed by atoms with E-state index in [0.717, 1.165) is 0 Å². The second-order valence-electron chi connectivity index (χ2n) is 3.22. The smallest absolute Gasteiger partial charge is 0.196 e. The molecular formula is C8H18O4. The predicted molar refractivity (Wildman–Crippen MR) is 44.0 cm³/mol. The lowest BCUT2D eigenvalue weighted by Gasteiger charge is -2.26. The van der Waals surface area contributed by atoms with Gasteiger partial charge >= 0.3 is 0 Å². The Balaban J connectivity index is 3.82. The van der Waals surface area contributed by atoms with Crippen LogP contribution >= 0.6 is 0 Å². The van der Waals surface area contributed by atoms with E-state index in [-0.39, 0.29) is 0 Å². The monoisotopic (exact) mass is 178 g/mol. The van der Waals surface area contributed by atoms with E-state index in [1.807, 2.05) is 0 Å². The third-order valence-corrected chi connectivity index (χ3v) is 1.71. The largest absolute Gasteiger partial charge is 0.363 e. The first kappa shape index (κ1) is 11.8. The first-order valence-electron chi connectivity index (χ1n) is 4.14. The lowest BCUT2D eigenvalue weighted by molar-refractivity contribution is -0.487. The Morgan fingerprint density at radius 2 is 1.17 bits per heavy atom. The lowest BCUT2D eigenvalue weighted by atomic mass is 10.2. The summed E-state index contributed by atoms with van der Waals surface area (Å²) in [4.78, 5) is 9.28. The average Bonchev–Trinajstić information content (AvgIpc) is 2.02. The van der Waals surface area contributed by atoms with Crippen molar-refractivity contribution in [3.05, 3.63) is 0 Å². The van der Waals surface area contributed by atoms with E-state index in [2.05, 4.69) is 9.78 Å². The van der Waals surface area contributed by atoms with Crippen LogP contribution in [0.2, 0.25) is 0 Å². The Morgan fingerprint density at radius 1 is 0.917 bits per heavy atom. The molecule has 0 amide bonds. The third kappa shape index (κ3) is 4.66. The van der Waals surface area contributed by atoms with E-state index in [0.29, 0.717) is 12.8 Å². The molecule has 2 atom stereocenters. The normalized spacial score (nSPS) is 21.5. The minimum Gasteiger partial charge on any atom is -0.363 e. The summed E-state index contributed by atoms with van der Waals surface area (Å²) in [5.74, 6) is -2.67. The minimum atomic E-state index is -1.33. The quantitative estimate of drug-likeness (QED) is 0.377. The molecule has 0 aromatic heterocycles. The molecule has 0 aliphatic rings. The van der Waals surface area contributed by atoms with Gasteiger partial charge in [0.25, 0.3) is 0 Å². The van der Waals surface area contributed by atoms with Gasteiger partial charge in [0, 0.05) is 12.8 Å². The molecule has 0 fully saturated rings. The van der Waals surface area contributed by atoms with E-state index in [1.165, 1.54) is 13.8 Å². The molecule has 0 saturated heterocycles. The molecule has 4 heteroatoms. The van der Waals surface area contributed by atoms with Crippen molar-refractivity contribution in [2.24, 2.45) is 0 Å². The highest BCUT2D eigenvalue weighted by Gasteiger charge is 2.26. The van der Waals surface area contributed by atoms with Gasteiger partial charge in [0.05, 0.1) is 0 Å². The highest BCUT2D eigenvalue weighted by Crippen LogP contribution is 2.17. The van der Waals surface area contributed by atoms with Crippen molar-refractivity contribution in [3.8, 4) is 0 Å². The highest BCUT2D eigenvalue weighted by atomic mass is 17.2. The molecule has 0 bridgehead atoms. The number of aliphatic hydroxyl groups is 2. The SMILES string of the molecule is CCC(C)(O)OOC(C)(O)CC. The van der Waals surface area contributed by atoms with Crippen molar-refractivity contribution in [1.29, 1.82) is 0 Å². The first-order chi connectivity index (χ1) is 5.33. The van der Waals surface area contributed by atoms with Crippen molar-refractivity contribution in [2.75, 3.05) is 0 Å². The molecule has 0 spiro atoms. The lowest BCUT2D eigenvalue weighted by Crippen LogP contribution is -2.35. The van der Waals surface area contributed by atoms with Crippen LogP contribution in [-0.4, -0.2) is 21.8 Å². The molecule has 4 nitrogen and oxygen atoms in total. The average molecular weight is 178 g/mol. The molecule has 0 aromatic carbocycles. The summed E-state index contributed by atoms with van der Waals surface area (Å²) in [7, 11) is 0. The Labute approximate surface area is 73.0 Å². The van der Waals surface area contributed by atoms with Crippen LogP contribution < -0.4 is 0 Å². The summed E-state index contributed by atoms with van der Waals surface area (Å²) in [6.45, 7) is 6.45. The van der Waals surface area contributed by atoms with Gasteiger partial charge in [-0.15, -0.1) is 0 Å². The molecule has 0 heterocycles. The second-order valence-corrected chi connectivity index (χ2v) is 3.22. The van der Waals surface area contributed by atoms with Crippen LogP contribution in [0.3, 0.4) is 0 Å². The zero-order valence-electron chi connectivity index (χ0n) is 8.13. The van der Waals surface area contributed by atoms with Crippen LogP contribution in [0.15, 0.2) is 0 Å². The Kier molecular flexibility index (Phi) is 4.13. The zero-order valence-corrected chi connectivity index (χ0v) is 8.13. The van der Waals surface area contributed by atoms with E-state index in [1.54, 1.807) is 13.8 Å². The van der Waals surface area contributed by atoms with Gasteiger partial charge in [0.15, 0.2) is 11.6 Å². The first-order valence-corrected chi connectivity index (χ1v) is 4.14. The maximum Gasteiger partial charge on any atom is 0.196 e. The van der Waals surface area contributed by atoms with Crippen LogP contribution in [0.4, 0.5) is 0 Å². The molecule has 74 valence electrons. The van der Waals surface area contributed by atoms with Crippen LogP contribution in [0.5, 0.6) is 0 Å². The molecule has 0 rings (SSSR count). The predicted octanol–water partition coefficient (Wildman–Crippen LogP) is 1.17. The van der Waals surface area contributed by atoms with Crippen LogP contribution in [0.1, 0.15) is 40.5 Å². The zero-order chi connectivity index (χ0) is 9.83.